The van der Waals surface area contributed by atoms with E-state index in [9.17, 15) is 18.0 Å². The molecule has 4 atom stereocenters. The van der Waals surface area contributed by atoms with E-state index in [1.807, 2.05) is 0 Å². The first kappa shape index (κ1) is 26.3. The van der Waals surface area contributed by atoms with E-state index < -0.39 is 40.9 Å². The molecule has 2 bridgehead atoms. The molecule has 8 nitrogen and oxygen atoms in total. The van der Waals surface area contributed by atoms with Crippen LogP contribution in [0.3, 0.4) is 0 Å². The Morgan fingerprint density at radius 1 is 1.10 bits per heavy atom. The van der Waals surface area contributed by atoms with Gasteiger partial charge in [-0.2, -0.15) is 9.97 Å². The molecule has 3 unspecified atom stereocenters. The highest BCUT2D eigenvalue weighted by Gasteiger charge is 2.50. The molecule has 1 aromatic heterocycles. The van der Waals surface area contributed by atoms with Gasteiger partial charge < -0.3 is 14.4 Å². The van der Waals surface area contributed by atoms with Crippen LogP contribution in [0.4, 0.5) is 28.2 Å². The molecule has 0 radical (unpaired) electrons. The highest BCUT2D eigenvalue weighted by molar-refractivity contribution is 5.91. The number of hydrogen-bond donors (Lipinski definition) is 0. The van der Waals surface area contributed by atoms with Gasteiger partial charge in [0.15, 0.2) is 17.5 Å². The molecule has 0 saturated carbocycles. The zero-order valence-corrected chi connectivity index (χ0v) is 22.4. The number of piperazine rings is 1. The van der Waals surface area contributed by atoms with Crippen molar-refractivity contribution in [3.8, 4) is 6.01 Å². The van der Waals surface area contributed by atoms with E-state index in [0.717, 1.165) is 19.4 Å². The summed E-state index contributed by atoms with van der Waals surface area (Å²) >= 11 is 0. The number of fused-ring (bicyclic) bond motifs is 4. The molecule has 4 aliphatic heterocycles. The monoisotopic (exact) mass is 551 g/mol. The fourth-order valence-electron chi connectivity index (χ4n) is 6.80. The normalized spacial score (nSPS) is 28.8. The maximum atomic E-state index is 15.2. The lowest BCUT2D eigenvalue weighted by Gasteiger charge is -2.42. The van der Waals surface area contributed by atoms with Crippen molar-refractivity contribution in [2.45, 2.75) is 82.3 Å². The van der Waals surface area contributed by atoms with Crippen LogP contribution in [0.2, 0.25) is 0 Å². The Kier molecular flexibility index (Phi) is 6.31. The Morgan fingerprint density at radius 2 is 1.82 bits per heavy atom. The lowest BCUT2D eigenvalue weighted by molar-refractivity contribution is 0.0122. The number of carbonyl (C=O) groups is 1. The van der Waals surface area contributed by atoms with Crippen LogP contribution < -0.4 is 9.64 Å². The number of hydrogen-bond acceptors (Lipinski definition) is 7. The van der Waals surface area contributed by atoms with Crippen LogP contribution in [0.15, 0.2) is 6.07 Å². The van der Waals surface area contributed by atoms with Crippen LogP contribution in [0.1, 0.15) is 52.9 Å². The van der Waals surface area contributed by atoms with Crippen molar-refractivity contribution in [1.82, 2.24) is 19.8 Å². The Morgan fingerprint density at radius 3 is 2.51 bits per heavy atom. The molecule has 12 heteroatoms. The van der Waals surface area contributed by atoms with Crippen LogP contribution in [-0.2, 0) is 4.74 Å². The smallest absolute Gasteiger partial charge is 0.410 e. The number of alkyl halides is 1. The number of anilines is 1. The average Bonchev–Trinajstić information content (AvgIpc) is 3.47. The minimum absolute atomic E-state index is 0.0159. The molecule has 0 N–H and O–H groups in total. The second kappa shape index (κ2) is 9.35. The largest absolute Gasteiger partial charge is 0.461 e. The van der Waals surface area contributed by atoms with Gasteiger partial charge in [-0.15, -0.1) is 0 Å². The maximum Gasteiger partial charge on any atom is 0.410 e. The van der Waals surface area contributed by atoms with Crippen molar-refractivity contribution < 1.29 is 31.8 Å². The van der Waals surface area contributed by atoms with Gasteiger partial charge in [0.25, 0.3) is 0 Å². The molecule has 4 fully saturated rings. The number of amides is 1. The highest BCUT2D eigenvalue weighted by Crippen LogP contribution is 2.41. The van der Waals surface area contributed by atoms with Crippen molar-refractivity contribution in [3.63, 3.8) is 0 Å². The van der Waals surface area contributed by atoms with E-state index in [1.165, 1.54) is 0 Å². The molecule has 2 aromatic rings. The molecule has 4 saturated heterocycles. The third kappa shape index (κ3) is 4.64. The summed E-state index contributed by atoms with van der Waals surface area (Å²) < 4.78 is 70.2. The molecule has 212 valence electrons. The van der Waals surface area contributed by atoms with Gasteiger partial charge in [0.2, 0.25) is 0 Å². The third-order valence-corrected chi connectivity index (χ3v) is 8.40. The first-order valence-corrected chi connectivity index (χ1v) is 13.6. The third-order valence-electron chi connectivity index (χ3n) is 8.40. The molecule has 0 spiro atoms. The second-order valence-electron chi connectivity index (χ2n) is 12.2. The first-order valence-electron chi connectivity index (χ1n) is 13.6. The van der Waals surface area contributed by atoms with E-state index in [0.29, 0.717) is 31.9 Å². The summed E-state index contributed by atoms with van der Waals surface area (Å²) in [6, 6.07) is -0.182. The molecule has 6 rings (SSSR count). The highest BCUT2D eigenvalue weighted by atomic mass is 19.2. The minimum atomic E-state index is -1.34. The van der Waals surface area contributed by atoms with Crippen molar-refractivity contribution in [1.29, 1.82) is 0 Å². The van der Waals surface area contributed by atoms with Crippen molar-refractivity contribution in [2.75, 3.05) is 37.7 Å². The van der Waals surface area contributed by atoms with Crippen LogP contribution in [0, 0.1) is 17.5 Å². The lowest BCUT2D eigenvalue weighted by atomic mass is 9.95. The number of rotatable bonds is 4. The minimum Gasteiger partial charge on any atom is -0.461 e. The number of benzene rings is 1. The summed E-state index contributed by atoms with van der Waals surface area (Å²) in [6.45, 7) is 7.18. The van der Waals surface area contributed by atoms with E-state index in [4.69, 9.17) is 9.47 Å². The summed E-state index contributed by atoms with van der Waals surface area (Å²) in [5, 5.41) is -0.365. The fourth-order valence-corrected chi connectivity index (χ4v) is 6.80. The number of aromatic nitrogens is 2. The maximum absolute atomic E-state index is 15.2. The average molecular weight is 552 g/mol. The summed E-state index contributed by atoms with van der Waals surface area (Å²) in [7, 11) is 0. The van der Waals surface area contributed by atoms with Gasteiger partial charge in [0.1, 0.15) is 29.7 Å². The van der Waals surface area contributed by atoms with Gasteiger partial charge in [-0.1, -0.05) is 0 Å². The number of ether oxygens (including phenoxy) is 2. The van der Waals surface area contributed by atoms with Gasteiger partial charge in [-0.05, 0) is 53.0 Å². The van der Waals surface area contributed by atoms with Gasteiger partial charge >= 0.3 is 12.1 Å². The van der Waals surface area contributed by atoms with Crippen LogP contribution >= 0.6 is 0 Å². The summed E-state index contributed by atoms with van der Waals surface area (Å²) in [6.07, 6.45) is 2.06. The zero-order chi connectivity index (χ0) is 27.7. The zero-order valence-electron chi connectivity index (χ0n) is 22.4. The molecule has 5 heterocycles. The standard InChI is InChI=1S/C27H33F4N5O3/c1-26(2,3)39-25(37)36-16-5-6-17(36)13-34(12-16)23-20-21(31)18(29)9-19(30)22(20)32-24(33-23)38-14-27-7-4-8-35(27)11-15(28)10-27/h9,15-17H,4-8,10-14H2,1-3H3/t15-,16?,17?,27?/m1/s1. The SMILES string of the molecule is CC(C)(C)OC(=O)N1C2CCC1CN(c1nc(OCC34CCCN3C[C@H](F)C4)nc3c(F)cc(F)c(F)c13)C2. The van der Waals surface area contributed by atoms with E-state index in [-0.39, 0.29) is 54.5 Å². The van der Waals surface area contributed by atoms with Crippen molar-refractivity contribution >= 4 is 22.8 Å². The number of nitrogens with zero attached hydrogens (tertiary/aromatic N) is 5. The van der Waals surface area contributed by atoms with Gasteiger partial charge in [-0.25, -0.2) is 22.4 Å². The second-order valence-corrected chi connectivity index (χ2v) is 12.2. The molecule has 0 aliphatic carbocycles. The Bertz CT molecular complexity index is 1290. The van der Waals surface area contributed by atoms with Crippen LogP contribution in [-0.4, -0.2) is 88.0 Å². The van der Waals surface area contributed by atoms with Gasteiger partial charge in [-0.3, -0.25) is 9.80 Å². The predicted octanol–water partition coefficient (Wildman–Crippen LogP) is 4.59. The molecular formula is C27H33F4N5O3. The summed E-state index contributed by atoms with van der Waals surface area (Å²) in [5.74, 6) is -3.60. The van der Waals surface area contributed by atoms with Crippen LogP contribution in [0.5, 0.6) is 6.01 Å². The molecule has 1 aromatic carbocycles. The Hall–Kier alpha value is -2.89. The van der Waals surface area contributed by atoms with Crippen LogP contribution in [0.25, 0.3) is 10.9 Å². The first-order chi connectivity index (χ1) is 18.4. The summed E-state index contributed by atoms with van der Waals surface area (Å²) in [5.41, 5.74) is -1.52. The van der Waals surface area contributed by atoms with Gasteiger partial charge in [0, 0.05) is 32.1 Å². The van der Waals surface area contributed by atoms with E-state index >= 15 is 4.39 Å². The summed E-state index contributed by atoms with van der Waals surface area (Å²) in [4.78, 5) is 27.0. The number of halogens is 4. The lowest BCUT2D eigenvalue weighted by Crippen LogP contribution is -2.57. The molecular weight excluding hydrogens is 518 g/mol. The Labute approximate surface area is 224 Å². The topological polar surface area (TPSA) is 71.0 Å². The number of carbonyl (C=O) groups excluding carboxylic acids is 1. The quantitative estimate of drug-likeness (QED) is 0.407. The van der Waals surface area contributed by atoms with Crippen molar-refractivity contribution in [2.24, 2.45) is 0 Å². The molecule has 4 aliphatic rings. The predicted molar refractivity (Wildman–Crippen MR) is 135 cm³/mol. The fraction of sp³-hybridized carbons (Fsp3) is 0.667. The molecule has 1 amide bonds. The molecule has 39 heavy (non-hydrogen) atoms. The van der Waals surface area contributed by atoms with E-state index in [2.05, 4.69) is 14.9 Å². The van der Waals surface area contributed by atoms with Crippen molar-refractivity contribution in [3.05, 3.63) is 23.5 Å². The Balaban J connectivity index is 1.33. The van der Waals surface area contributed by atoms with E-state index in [1.54, 1.807) is 30.6 Å². The van der Waals surface area contributed by atoms with Gasteiger partial charge in [0.05, 0.1) is 23.0 Å².